The smallest absolute Gasteiger partial charge is 0.227 e. The summed E-state index contributed by atoms with van der Waals surface area (Å²) in [5.41, 5.74) is 4.05. The summed E-state index contributed by atoms with van der Waals surface area (Å²) in [4.78, 5) is 22.0. The van der Waals surface area contributed by atoms with Crippen LogP contribution in [0.4, 0.5) is 5.95 Å². The second-order valence-corrected chi connectivity index (χ2v) is 8.08. The number of fused-ring (bicyclic) bond motifs is 1. The van der Waals surface area contributed by atoms with E-state index in [0.29, 0.717) is 19.0 Å². The fourth-order valence-corrected chi connectivity index (χ4v) is 3.93. The maximum absolute atomic E-state index is 12.8. The number of carbonyl (C=O) groups excluding carboxylic acids is 1. The van der Waals surface area contributed by atoms with Gasteiger partial charge >= 0.3 is 0 Å². The van der Waals surface area contributed by atoms with Gasteiger partial charge in [0, 0.05) is 11.4 Å². The minimum absolute atomic E-state index is 0.00265. The van der Waals surface area contributed by atoms with Gasteiger partial charge in [-0.25, -0.2) is 9.97 Å². The number of rotatable bonds is 6. The standard InChI is InChI=1S/C24H29N5O2/c1-5-31-18-10-11-21-19(13-18)15(3)25-23(27-21)29-24-26-16(4)20(22(30)28-24)12-17-8-6-14(2)7-9-17/h6-11,13,16,20,24,26H,5,12H2,1-4H3,(H,28,30)(H,25,27,29). The van der Waals surface area contributed by atoms with Crippen molar-refractivity contribution in [1.82, 2.24) is 20.6 Å². The van der Waals surface area contributed by atoms with Gasteiger partial charge in [0.05, 0.1) is 23.7 Å². The van der Waals surface area contributed by atoms with E-state index in [1.165, 1.54) is 5.56 Å². The molecule has 3 aromatic rings. The summed E-state index contributed by atoms with van der Waals surface area (Å²) in [5.74, 6) is 1.15. The normalized spacial score (nSPS) is 21.0. The van der Waals surface area contributed by atoms with Crippen molar-refractivity contribution in [2.45, 2.75) is 46.4 Å². The van der Waals surface area contributed by atoms with Gasteiger partial charge < -0.3 is 15.4 Å². The van der Waals surface area contributed by atoms with Crippen molar-refractivity contribution >= 4 is 22.8 Å². The van der Waals surface area contributed by atoms with Crippen LogP contribution in [-0.4, -0.2) is 34.8 Å². The average Bonchev–Trinajstić information content (AvgIpc) is 2.73. The highest BCUT2D eigenvalue weighted by Gasteiger charge is 2.33. The zero-order chi connectivity index (χ0) is 22.0. The molecule has 0 saturated carbocycles. The number of nitrogens with one attached hydrogen (secondary N) is 3. The Balaban J connectivity index is 1.45. The molecular weight excluding hydrogens is 390 g/mol. The third-order valence-electron chi connectivity index (χ3n) is 5.67. The molecule has 7 nitrogen and oxygen atoms in total. The Kier molecular flexibility index (Phi) is 6.04. The summed E-state index contributed by atoms with van der Waals surface area (Å²) in [5, 5.41) is 10.6. The highest BCUT2D eigenvalue weighted by Crippen LogP contribution is 2.23. The summed E-state index contributed by atoms with van der Waals surface area (Å²) in [6, 6.07) is 14.1. The maximum Gasteiger partial charge on any atom is 0.227 e. The van der Waals surface area contributed by atoms with Gasteiger partial charge in [-0.05, 0) is 57.9 Å². The fourth-order valence-electron chi connectivity index (χ4n) is 3.93. The first-order chi connectivity index (χ1) is 14.9. The zero-order valence-electron chi connectivity index (χ0n) is 18.4. The third kappa shape index (κ3) is 4.77. The van der Waals surface area contributed by atoms with Crippen LogP contribution in [-0.2, 0) is 11.2 Å². The van der Waals surface area contributed by atoms with Gasteiger partial charge in [-0.15, -0.1) is 0 Å². The maximum atomic E-state index is 12.8. The highest BCUT2D eigenvalue weighted by atomic mass is 16.5. The van der Waals surface area contributed by atoms with Crippen LogP contribution in [0.5, 0.6) is 5.75 Å². The minimum atomic E-state index is -0.434. The lowest BCUT2D eigenvalue weighted by Gasteiger charge is -2.36. The van der Waals surface area contributed by atoms with E-state index < -0.39 is 6.29 Å². The van der Waals surface area contributed by atoms with Gasteiger partial charge in [0.25, 0.3) is 0 Å². The molecule has 1 aromatic heterocycles. The Hall–Kier alpha value is -3.19. The number of anilines is 1. The molecule has 3 N–H and O–H groups in total. The van der Waals surface area contributed by atoms with Crippen LogP contribution in [0, 0.1) is 19.8 Å². The van der Waals surface area contributed by atoms with E-state index in [1.54, 1.807) is 0 Å². The largest absolute Gasteiger partial charge is 0.494 e. The fraction of sp³-hybridized carbons (Fsp3) is 0.375. The summed E-state index contributed by atoms with van der Waals surface area (Å²) >= 11 is 0. The van der Waals surface area contributed by atoms with E-state index in [4.69, 9.17) is 4.74 Å². The van der Waals surface area contributed by atoms with Crippen LogP contribution in [0.1, 0.15) is 30.7 Å². The second kappa shape index (κ2) is 8.89. The van der Waals surface area contributed by atoms with Crippen molar-refractivity contribution in [3.8, 4) is 5.75 Å². The van der Waals surface area contributed by atoms with Crippen LogP contribution < -0.4 is 20.7 Å². The molecule has 0 spiro atoms. The van der Waals surface area contributed by atoms with E-state index in [1.807, 2.05) is 39.0 Å². The summed E-state index contributed by atoms with van der Waals surface area (Å²) in [6.45, 7) is 8.61. The molecule has 2 heterocycles. The zero-order valence-corrected chi connectivity index (χ0v) is 18.4. The van der Waals surface area contributed by atoms with Crippen molar-refractivity contribution in [3.05, 3.63) is 59.3 Å². The van der Waals surface area contributed by atoms with Crippen molar-refractivity contribution in [1.29, 1.82) is 0 Å². The molecule has 0 radical (unpaired) electrons. The lowest BCUT2D eigenvalue weighted by molar-refractivity contribution is -0.128. The van der Waals surface area contributed by atoms with E-state index in [-0.39, 0.29) is 17.9 Å². The number of aromatic nitrogens is 2. The number of amides is 1. The quantitative estimate of drug-likeness (QED) is 0.568. The highest BCUT2D eigenvalue weighted by molar-refractivity contribution is 5.83. The van der Waals surface area contributed by atoms with Gasteiger partial charge in [-0.1, -0.05) is 29.8 Å². The monoisotopic (exact) mass is 419 g/mol. The van der Waals surface area contributed by atoms with Gasteiger partial charge in [0.1, 0.15) is 5.75 Å². The summed E-state index contributed by atoms with van der Waals surface area (Å²) in [6.07, 6.45) is 0.261. The Labute approximate surface area is 182 Å². The first-order valence-electron chi connectivity index (χ1n) is 10.7. The number of aryl methyl sites for hydroxylation is 2. The van der Waals surface area contributed by atoms with E-state index in [9.17, 15) is 4.79 Å². The van der Waals surface area contributed by atoms with Crippen LogP contribution in [0.2, 0.25) is 0 Å². The Morgan fingerprint density at radius 3 is 2.58 bits per heavy atom. The average molecular weight is 420 g/mol. The van der Waals surface area contributed by atoms with Crippen LogP contribution in [0.15, 0.2) is 42.5 Å². The second-order valence-electron chi connectivity index (χ2n) is 8.08. The first kappa shape index (κ1) is 21.1. The number of hydrogen-bond acceptors (Lipinski definition) is 6. The molecule has 1 amide bonds. The lowest BCUT2D eigenvalue weighted by Crippen LogP contribution is -2.63. The van der Waals surface area contributed by atoms with Crippen molar-refractivity contribution < 1.29 is 9.53 Å². The molecule has 1 aliphatic rings. The molecule has 0 aliphatic carbocycles. The number of benzene rings is 2. The Morgan fingerprint density at radius 1 is 1.10 bits per heavy atom. The molecule has 3 unspecified atom stereocenters. The molecule has 3 atom stereocenters. The predicted octanol–water partition coefficient (Wildman–Crippen LogP) is 3.31. The van der Waals surface area contributed by atoms with Gasteiger partial charge in [-0.3, -0.25) is 10.1 Å². The number of nitrogens with zero attached hydrogens (tertiary/aromatic N) is 2. The molecule has 4 rings (SSSR count). The first-order valence-corrected chi connectivity index (χ1v) is 10.7. The van der Waals surface area contributed by atoms with Crippen LogP contribution in [0.3, 0.4) is 0 Å². The third-order valence-corrected chi connectivity index (χ3v) is 5.67. The van der Waals surface area contributed by atoms with Gasteiger partial charge in [-0.2, -0.15) is 0 Å². The minimum Gasteiger partial charge on any atom is -0.494 e. The number of ether oxygens (including phenoxy) is 1. The Morgan fingerprint density at radius 2 is 1.87 bits per heavy atom. The van der Waals surface area contributed by atoms with Crippen LogP contribution in [0.25, 0.3) is 10.9 Å². The summed E-state index contributed by atoms with van der Waals surface area (Å²) < 4.78 is 5.57. The van der Waals surface area contributed by atoms with Gasteiger partial charge in [0.2, 0.25) is 11.9 Å². The molecule has 162 valence electrons. The van der Waals surface area contributed by atoms with E-state index >= 15 is 0 Å². The predicted molar refractivity (Wildman–Crippen MR) is 122 cm³/mol. The molecule has 1 aliphatic heterocycles. The van der Waals surface area contributed by atoms with Crippen molar-refractivity contribution in [2.75, 3.05) is 11.9 Å². The molecule has 31 heavy (non-hydrogen) atoms. The Bertz CT molecular complexity index is 1080. The summed E-state index contributed by atoms with van der Waals surface area (Å²) in [7, 11) is 0. The molecule has 0 bridgehead atoms. The lowest BCUT2D eigenvalue weighted by atomic mass is 9.90. The number of carbonyl (C=O) groups is 1. The molecule has 7 heteroatoms. The molecular formula is C24H29N5O2. The van der Waals surface area contributed by atoms with Crippen molar-refractivity contribution in [2.24, 2.45) is 5.92 Å². The van der Waals surface area contributed by atoms with Gasteiger partial charge in [0.15, 0.2) is 6.29 Å². The van der Waals surface area contributed by atoms with E-state index in [2.05, 4.69) is 57.1 Å². The SMILES string of the molecule is CCOc1ccc2nc(NC3NC(=O)C(Cc4ccc(C)cc4)C(C)N3)nc(C)c2c1. The molecule has 2 aromatic carbocycles. The molecule has 1 saturated heterocycles. The van der Waals surface area contributed by atoms with Crippen molar-refractivity contribution in [3.63, 3.8) is 0 Å². The topological polar surface area (TPSA) is 88.2 Å². The number of hydrogen-bond donors (Lipinski definition) is 3. The molecule has 1 fully saturated rings. The van der Waals surface area contributed by atoms with Crippen LogP contribution >= 0.6 is 0 Å². The van der Waals surface area contributed by atoms with E-state index in [0.717, 1.165) is 27.9 Å².